The highest BCUT2D eigenvalue weighted by Gasteiger charge is 2.42. The molecule has 0 radical (unpaired) electrons. The van der Waals surface area contributed by atoms with Gasteiger partial charge in [-0.05, 0) is 25.8 Å². The molecule has 2 aliphatic heterocycles. The molecule has 0 amide bonds. The van der Waals surface area contributed by atoms with Crippen LogP contribution in [0.3, 0.4) is 0 Å². The third kappa shape index (κ3) is 2.03. The summed E-state index contributed by atoms with van der Waals surface area (Å²) in [5, 5.41) is 13.5. The van der Waals surface area contributed by atoms with Gasteiger partial charge in [0.15, 0.2) is 0 Å². The molecule has 2 rings (SSSR count). The maximum atomic E-state index is 10.3. The molecule has 2 saturated heterocycles. The number of hydrogen-bond donors (Lipinski definition) is 2. The first kappa shape index (κ1) is 9.44. The molecule has 76 valence electrons. The minimum atomic E-state index is -0.475. The standard InChI is InChI=1S/C10H19NO2/c1-9(7-13-8-9)5-10(12)3-2-4-11-6-10/h11-12H,2-8H2,1H3. The normalized spacial score (nSPS) is 38.3. The van der Waals surface area contributed by atoms with Gasteiger partial charge in [-0.15, -0.1) is 0 Å². The Hall–Kier alpha value is -0.120. The lowest BCUT2D eigenvalue weighted by Crippen LogP contribution is -2.53. The van der Waals surface area contributed by atoms with Crippen molar-refractivity contribution < 1.29 is 9.84 Å². The van der Waals surface area contributed by atoms with Crippen molar-refractivity contribution in [1.29, 1.82) is 0 Å². The molecule has 0 bridgehead atoms. The largest absolute Gasteiger partial charge is 0.389 e. The Kier molecular flexibility index (Phi) is 2.34. The molecular weight excluding hydrogens is 166 g/mol. The molecule has 0 aromatic rings. The maximum absolute atomic E-state index is 10.3. The van der Waals surface area contributed by atoms with Crippen LogP contribution in [0.25, 0.3) is 0 Å². The smallest absolute Gasteiger partial charge is 0.0778 e. The van der Waals surface area contributed by atoms with Crippen molar-refractivity contribution in [3.63, 3.8) is 0 Å². The fourth-order valence-electron chi connectivity index (χ4n) is 2.45. The van der Waals surface area contributed by atoms with E-state index in [9.17, 15) is 5.11 Å². The number of hydrogen-bond acceptors (Lipinski definition) is 3. The summed E-state index contributed by atoms with van der Waals surface area (Å²) in [5.74, 6) is 0. The van der Waals surface area contributed by atoms with Gasteiger partial charge in [-0.25, -0.2) is 0 Å². The van der Waals surface area contributed by atoms with Gasteiger partial charge in [-0.3, -0.25) is 0 Å². The van der Waals surface area contributed by atoms with Crippen LogP contribution in [-0.2, 0) is 4.74 Å². The molecule has 2 fully saturated rings. The highest BCUT2D eigenvalue weighted by atomic mass is 16.5. The molecule has 3 nitrogen and oxygen atoms in total. The topological polar surface area (TPSA) is 41.5 Å². The van der Waals surface area contributed by atoms with Crippen LogP contribution in [0.2, 0.25) is 0 Å². The van der Waals surface area contributed by atoms with Gasteiger partial charge in [0, 0.05) is 12.0 Å². The Bertz CT molecular complexity index is 183. The van der Waals surface area contributed by atoms with E-state index in [2.05, 4.69) is 12.2 Å². The first-order chi connectivity index (χ1) is 6.12. The zero-order valence-corrected chi connectivity index (χ0v) is 8.31. The minimum absolute atomic E-state index is 0.230. The molecule has 1 atom stereocenters. The summed E-state index contributed by atoms with van der Waals surface area (Å²) in [6.07, 6.45) is 2.91. The number of ether oxygens (including phenoxy) is 1. The van der Waals surface area contributed by atoms with Gasteiger partial charge in [-0.2, -0.15) is 0 Å². The van der Waals surface area contributed by atoms with Crippen molar-refractivity contribution in [2.24, 2.45) is 5.41 Å². The van der Waals surface area contributed by atoms with E-state index in [-0.39, 0.29) is 5.41 Å². The SMILES string of the molecule is CC1(CC2(O)CCCNC2)COC1. The summed E-state index contributed by atoms with van der Waals surface area (Å²) in [6, 6.07) is 0. The second-order valence-electron chi connectivity index (χ2n) is 4.98. The molecule has 0 aromatic heterocycles. The van der Waals surface area contributed by atoms with Gasteiger partial charge in [0.2, 0.25) is 0 Å². The fourth-order valence-corrected chi connectivity index (χ4v) is 2.45. The lowest BCUT2D eigenvalue weighted by atomic mass is 9.74. The van der Waals surface area contributed by atoms with Gasteiger partial charge >= 0.3 is 0 Å². The number of piperidine rings is 1. The fraction of sp³-hybridized carbons (Fsp3) is 1.00. The van der Waals surface area contributed by atoms with Gasteiger partial charge in [0.05, 0.1) is 18.8 Å². The molecule has 0 saturated carbocycles. The van der Waals surface area contributed by atoms with Crippen molar-refractivity contribution in [3.8, 4) is 0 Å². The van der Waals surface area contributed by atoms with E-state index in [4.69, 9.17) is 4.74 Å². The van der Waals surface area contributed by atoms with Crippen LogP contribution in [0.1, 0.15) is 26.2 Å². The van der Waals surface area contributed by atoms with Crippen LogP contribution in [0.15, 0.2) is 0 Å². The zero-order chi connectivity index (χ0) is 9.36. The molecule has 0 aromatic carbocycles. The third-order valence-corrected chi connectivity index (χ3v) is 3.11. The summed E-state index contributed by atoms with van der Waals surface area (Å²) >= 11 is 0. The summed E-state index contributed by atoms with van der Waals surface area (Å²) in [4.78, 5) is 0. The average molecular weight is 185 g/mol. The molecule has 2 aliphatic rings. The Morgan fingerprint density at radius 3 is 2.69 bits per heavy atom. The molecular formula is C10H19NO2. The third-order valence-electron chi connectivity index (χ3n) is 3.11. The number of aliphatic hydroxyl groups is 1. The molecule has 0 aliphatic carbocycles. The van der Waals surface area contributed by atoms with Crippen LogP contribution >= 0.6 is 0 Å². The van der Waals surface area contributed by atoms with E-state index in [1.807, 2.05) is 0 Å². The summed E-state index contributed by atoms with van der Waals surface area (Å²) in [7, 11) is 0. The Balaban J connectivity index is 1.90. The molecule has 1 unspecified atom stereocenters. The number of rotatable bonds is 2. The second-order valence-corrected chi connectivity index (χ2v) is 4.98. The minimum Gasteiger partial charge on any atom is -0.389 e. The summed E-state index contributed by atoms with van der Waals surface area (Å²) in [6.45, 7) is 5.63. The second kappa shape index (κ2) is 3.23. The van der Waals surface area contributed by atoms with E-state index in [0.717, 1.165) is 45.6 Å². The van der Waals surface area contributed by atoms with Crippen LogP contribution in [0.5, 0.6) is 0 Å². The van der Waals surface area contributed by atoms with E-state index >= 15 is 0 Å². The van der Waals surface area contributed by atoms with Gasteiger partial charge in [-0.1, -0.05) is 6.92 Å². The van der Waals surface area contributed by atoms with E-state index in [1.54, 1.807) is 0 Å². The maximum Gasteiger partial charge on any atom is 0.0778 e. The highest BCUT2D eigenvalue weighted by Crippen LogP contribution is 2.37. The molecule has 0 spiro atoms. The van der Waals surface area contributed by atoms with Crippen molar-refractivity contribution in [2.75, 3.05) is 26.3 Å². The van der Waals surface area contributed by atoms with Crippen LogP contribution in [0, 0.1) is 5.41 Å². The van der Waals surface area contributed by atoms with Crippen molar-refractivity contribution >= 4 is 0 Å². The van der Waals surface area contributed by atoms with Crippen molar-refractivity contribution in [2.45, 2.75) is 31.8 Å². The van der Waals surface area contributed by atoms with Gasteiger partial charge in [0.1, 0.15) is 0 Å². The van der Waals surface area contributed by atoms with E-state index < -0.39 is 5.60 Å². The summed E-state index contributed by atoms with van der Waals surface area (Å²) < 4.78 is 5.19. The lowest BCUT2D eigenvalue weighted by Gasteiger charge is -2.45. The van der Waals surface area contributed by atoms with Crippen molar-refractivity contribution in [3.05, 3.63) is 0 Å². The molecule has 3 heteroatoms. The quantitative estimate of drug-likeness (QED) is 0.659. The first-order valence-corrected chi connectivity index (χ1v) is 5.13. The number of nitrogens with one attached hydrogen (secondary N) is 1. The monoisotopic (exact) mass is 185 g/mol. The van der Waals surface area contributed by atoms with Crippen molar-refractivity contribution in [1.82, 2.24) is 5.32 Å². The summed E-state index contributed by atoms with van der Waals surface area (Å²) in [5.41, 5.74) is -0.245. The first-order valence-electron chi connectivity index (χ1n) is 5.13. The predicted molar refractivity (Wildman–Crippen MR) is 50.6 cm³/mol. The molecule has 13 heavy (non-hydrogen) atoms. The average Bonchev–Trinajstić information content (AvgIpc) is 2.02. The Labute approximate surface area is 79.5 Å². The van der Waals surface area contributed by atoms with Gasteiger partial charge < -0.3 is 15.2 Å². The van der Waals surface area contributed by atoms with Gasteiger partial charge in [0.25, 0.3) is 0 Å². The molecule has 2 heterocycles. The van der Waals surface area contributed by atoms with Crippen LogP contribution < -0.4 is 5.32 Å². The predicted octanol–water partition coefficient (Wildman–Crippen LogP) is 0.527. The zero-order valence-electron chi connectivity index (χ0n) is 8.31. The van der Waals surface area contributed by atoms with Crippen LogP contribution in [0.4, 0.5) is 0 Å². The van der Waals surface area contributed by atoms with Crippen LogP contribution in [-0.4, -0.2) is 37.0 Å². The Morgan fingerprint density at radius 1 is 1.46 bits per heavy atom. The highest BCUT2D eigenvalue weighted by molar-refractivity contribution is 4.94. The Morgan fingerprint density at radius 2 is 2.23 bits per heavy atom. The molecule has 2 N–H and O–H groups in total. The van der Waals surface area contributed by atoms with E-state index in [0.29, 0.717) is 0 Å². The lowest BCUT2D eigenvalue weighted by molar-refractivity contribution is -0.144. The number of β-amino-alcohol motifs (C(OH)–C–C–N with tert-alkyl or cyclic N) is 1. The van der Waals surface area contributed by atoms with E-state index in [1.165, 1.54) is 0 Å².